The van der Waals surface area contributed by atoms with Crippen molar-refractivity contribution in [1.82, 2.24) is 15.1 Å². The molecule has 1 aromatic rings. The first-order valence-corrected chi connectivity index (χ1v) is 4.93. The molecule has 1 fully saturated rings. The van der Waals surface area contributed by atoms with Crippen LogP contribution in [0, 0.1) is 6.92 Å². The molecule has 0 saturated carbocycles. The van der Waals surface area contributed by atoms with Gasteiger partial charge in [0.15, 0.2) is 0 Å². The van der Waals surface area contributed by atoms with E-state index in [-0.39, 0.29) is 6.10 Å². The van der Waals surface area contributed by atoms with Gasteiger partial charge < -0.3 is 9.52 Å². The van der Waals surface area contributed by atoms with Crippen LogP contribution in [0.3, 0.4) is 0 Å². The zero-order chi connectivity index (χ0) is 9.97. The van der Waals surface area contributed by atoms with Gasteiger partial charge in [-0.05, 0) is 19.4 Å². The number of likely N-dealkylation sites (tertiary alicyclic amines) is 1. The van der Waals surface area contributed by atoms with Crippen LogP contribution in [0.4, 0.5) is 0 Å². The Morgan fingerprint density at radius 2 is 2.43 bits per heavy atom. The lowest BCUT2D eigenvalue weighted by atomic mass is 10.1. The summed E-state index contributed by atoms with van der Waals surface area (Å²) < 4.78 is 5.28. The molecule has 0 unspecified atom stereocenters. The Morgan fingerprint density at radius 3 is 3.07 bits per heavy atom. The lowest BCUT2D eigenvalue weighted by Gasteiger charge is -2.28. The van der Waals surface area contributed by atoms with Crippen LogP contribution in [0.2, 0.25) is 0 Å². The van der Waals surface area contributed by atoms with Gasteiger partial charge in [-0.2, -0.15) is 0 Å². The number of piperidine rings is 1. The van der Waals surface area contributed by atoms with Gasteiger partial charge in [-0.3, -0.25) is 4.90 Å². The van der Waals surface area contributed by atoms with E-state index < -0.39 is 0 Å². The maximum atomic E-state index is 9.45. The fourth-order valence-electron chi connectivity index (χ4n) is 1.77. The Bertz CT molecular complexity index is 300. The number of aliphatic hydroxyl groups excluding tert-OH is 1. The van der Waals surface area contributed by atoms with E-state index in [1.165, 1.54) is 0 Å². The summed E-state index contributed by atoms with van der Waals surface area (Å²) in [6, 6.07) is 0. The van der Waals surface area contributed by atoms with E-state index >= 15 is 0 Å². The van der Waals surface area contributed by atoms with E-state index in [4.69, 9.17) is 4.42 Å². The Morgan fingerprint density at radius 1 is 1.57 bits per heavy atom. The van der Waals surface area contributed by atoms with Gasteiger partial charge in [0.25, 0.3) is 0 Å². The number of aryl methyl sites for hydroxylation is 1. The quantitative estimate of drug-likeness (QED) is 0.740. The number of aromatic nitrogens is 2. The summed E-state index contributed by atoms with van der Waals surface area (Å²) in [6.45, 7) is 4.14. The fourth-order valence-corrected chi connectivity index (χ4v) is 1.77. The van der Waals surface area contributed by atoms with Crippen LogP contribution < -0.4 is 0 Å². The molecule has 5 heteroatoms. The van der Waals surface area contributed by atoms with E-state index in [0.29, 0.717) is 24.9 Å². The summed E-state index contributed by atoms with van der Waals surface area (Å²) in [5.41, 5.74) is 0. The first kappa shape index (κ1) is 9.61. The molecule has 1 aliphatic rings. The number of hydrogen-bond donors (Lipinski definition) is 1. The molecule has 0 amide bonds. The minimum Gasteiger partial charge on any atom is -0.424 e. The second kappa shape index (κ2) is 4.06. The second-order valence-corrected chi connectivity index (χ2v) is 3.75. The Balaban J connectivity index is 1.90. The normalized spacial score (nSPS) is 24.0. The lowest BCUT2D eigenvalue weighted by Crippen LogP contribution is -2.37. The molecule has 1 aliphatic heterocycles. The summed E-state index contributed by atoms with van der Waals surface area (Å²) in [4.78, 5) is 2.14. The Kier molecular flexibility index (Phi) is 2.79. The third-order valence-electron chi connectivity index (χ3n) is 2.41. The van der Waals surface area contributed by atoms with Crippen molar-refractivity contribution in [3.05, 3.63) is 11.8 Å². The summed E-state index contributed by atoms with van der Waals surface area (Å²) in [5.74, 6) is 1.23. The molecule has 0 radical (unpaired) electrons. The molecule has 2 heterocycles. The maximum Gasteiger partial charge on any atom is 0.230 e. The van der Waals surface area contributed by atoms with E-state index in [1.807, 2.05) is 0 Å². The minimum absolute atomic E-state index is 0.201. The van der Waals surface area contributed by atoms with Crippen LogP contribution in [0.1, 0.15) is 24.6 Å². The topological polar surface area (TPSA) is 62.4 Å². The Labute approximate surface area is 82.7 Å². The highest BCUT2D eigenvalue weighted by molar-refractivity contribution is 4.81. The molecule has 0 bridgehead atoms. The van der Waals surface area contributed by atoms with Crippen molar-refractivity contribution in [1.29, 1.82) is 0 Å². The molecule has 0 spiro atoms. The molecular weight excluding hydrogens is 182 g/mol. The number of hydrogen-bond acceptors (Lipinski definition) is 5. The number of rotatable bonds is 2. The van der Waals surface area contributed by atoms with E-state index in [2.05, 4.69) is 15.1 Å². The number of β-amino-alcohol motifs (C(OH)–C–C–N with tert-alkyl or cyclic N) is 1. The van der Waals surface area contributed by atoms with Crippen molar-refractivity contribution < 1.29 is 9.52 Å². The first-order chi connectivity index (χ1) is 6.74. The predicted octanol–water partition coefficient (Wildman–Crippen LogP) is 0.335. The molecule has 5 nitrogen and oxygen atoms in total. The standard InChI is InChI=1S/C9H15N3O2/c1-7-10-11-9(14-7)6-12-4-2-3-8(13)5-12/h8,13H,2-6H2,1H3/t8-/m0/s1. The average Bonchev–Trinajstić information content (AvgIpc) is 2.51. The molecule has 1 aromatic heterocycles. The van der Waals surface area contributed by atoms with Gasteiger partial charge in [0, 0.05) is 13.5 Å². The zero-order valence-corrected chi connectivity index (χ0v) is 8.31. The largest absolute Gasteiger partial charge is 0.424 e. The third kappa shape index (κ3) is 2.30. The fraction of sp³-hybridized carbons (Fsp3) is 0.778. The van der Waals surface area contributed by atoms with Crippen molar-refractivity contribution in [2.75, 3.05) is 13.1 Å². The van der Waals surface area contributed by atoms with Gasteiger partial charge in [-0.15, -0.1) is 10.2 Å². The van der Waals surface area contributed by atoms with Gasteiger partial charge in [-0.1, -0.05) is 0 Å². The molecule has 1 N–H and O–H groups in total. The average molecular weight is 197 g/mol. The molecule has 2 rings (SSSR count). The first-order valence-electron chi connectivity index (χ1n) is 4.93. The van der Waals surface area contributed by atoms with Gasteiger partial charge in [0.1, 0.15) is 0 Å². The molecule has 14 heavy (non-hydrogen) atoms. The smallest absolute Gasteiger partial charge is 0.230 e. The zero-order valence-electron chi connectivity index (χ0n) is 8.31. The van der Waals surface area contributed by atoms with E-state index in [1.54, 1.807) is 6.92 Å². The van der Waals surface area contributed by atoms with Crippen LogP contribution in [0.5, 0.6) is 0 Å². The molecular formula is C9H15N3O2. The van der Waals surface area contributed by atoms with Gasteiger partial charge in [0.05, 0.1) is 12.6 Å². The second-order valence-electron chi connectivity index (χ2n) is 3.75. The van der Waals surface area contributed by atoms with Crippen molar-refractivity contribution in [2.45, 2.75) is 32.4 Å². The number of nitrogens with zero attached hydrogens (tertiary/aromatic N) is 3. The summed E-state index contributed by atoms with van der Waals surface area (Å²) in [7, 11) is 0. The highest BCUT2D eigenvalue weighted by Crippen LogP contribution is 2.12. The van der Waals surface area contributed by atoms with E-state index in [0.717, 1.165) is 19.4 Å². The van der Waals surface area contributed by atoms with Crippen molar-refractivity contribution in [2.24, 2.45) is 0 Å². The van der Waals surface area contributed by atoms with Crippen molar-refractivity contribution in [3.8, 4) is 0 Å². The minimum atomic E-state index is -0.201. The van der Waals surface area contributed by atoms with Crippen LogP contribution in [-0.4, -0.2) is 39.4 Å². The molecule has 0 aliphatic carbocycles. The van der Waals surface area contributed by atoms with Gasteiger partial charge in [-0.25, -0.2) is 0 Å². The van der Waals surface area contributed by atoms with Crippen molar-refractivity contribution in [3.63, 3.8) is 0 Å². The van der Waals surface area contributed by atoms with E-state index in [9.17, 15) is 5.11 Å². The van der Waals surface area contributed by atoms with Crippen LogP contribution in [0.25, 0.3) is 0 Å². The highest BCUT2D eigenvalue weighted by Gasteiger charge is 2.19. The monoisotopic (exact) mass is 197 g/mol. The third-order valence-corrected chi connectivity index (χ3v) is 2.41. The molecule has 1 atom stereocenters. The summed E-state index contributed by atoms with van der Waals surface area (Å²) >= 11 is 0. The summed E-state index contributed by atoms with van der Waals surface area (Å²) in [5, 5.41) is 17.1. The molecule has 78 valence electrons. The van der Waals surface area contributed by atoms with Crippen LogP contribution in [-0.2, 0) is 6.54 Å². The summed E-state index contributed by atoms with van der Waals surface area (Å²) in [6.07, 6.45) is 1.74. The van der Waals surface area contributed by atoms with Crippen molar-refractivity contribution >= 4 is 0 Å². The van der Waals surface area contributed by atoms with Gasteiger partial charge >= 0.3 is 0 Å². The SMILES string of the molecule is Cc1nnc(CN2CCC[C@H](O)C2)o1. The van der Waals surface area contributed by atoms with Gasteiger partial charge in [0.2, 0.25) is 11.8 Å². The molecule has 0 aromatic carbocycles. The predicted molar refractivity (Wildman–Crippen MR) is 49.6 cm³/mol. The van der Waals surface area contributed by atoms with Crippen LogP contribution in [0.15, 0.2) is 4.42 Å². The molecule has 1 saturated heterocycles. The van der Waals surface area contributed by atoms with Crippen LogP contribution >= 0.6 is 0 Å². The maximum absolute atomic E-state index is 9.45. The number of aliphatic hydroxyl groups is 1. The Hall–Kier alpha value is -0.940. The highest BCUT2D eigenvalue weighted by atomic mass is 16.4. The lowest BCUT2D eigenvalue weighted by molar-refractivity contribution is 0.0623.